The van der Waals surface area contributed by atoms with Crippen LogP contribution in [0.3, 0.4) is 0 Å². The van der Waals surface area contributed by atoms with Crippen molar-refractivity contribution in [3.05, 3.63) is 28.5 Å². The van der Waals surface area contributed by atoms with Gasteiger partial charge in [-0.05, 0) is 29.5 Å². The lowest BCUT2D eigenvalue weighted by molar-refractivity contribution is 0.576. The summed E-state index contributed by atoms with van der Waals surface area (Å²) in [6.45, 7) is 12.3. The van der Waals surface area contributed by atoms with Crippen LogP contribution in [-0.2, 0) is 11.8 Å². The van der Waals surface area contributed by atoms with Gasteiger partial charge in [0.05, 0.1) is 9.71 Å². The first-order valence-corrected chi connectivity index (χ1v) is 7.33. The van der Waals surface area contributed by atoms with E-state index in [1.54, 1.807) is 17.4 Å². The lowest BCUT2D eigenvalue weighted by Crippen LogP contribution is -2.11. The van der Waals surface area contributed by atoms with E-state index in [2.05, 4.69) is 31.8 Å². The van der Waals surface area contributed by atoms with Crippen LogP contribution in [0.5, 0.6) is 0 Å². The van der Waals surface area contributed by atoms with Gasteiger partial charge in [-0.3, -0.25) is 0 Å². The molecular formula is C15H22FNS. The molecule has 1 aromatic heterocycles. The highest BCUT2D eigenvalue weighted by Crippen LogP contribution is 2.31. The van der Waals surface area contributed by atoms with Crippen LogP contribution in [0, 0.1) is 5.82 Å². The topological polar surface area (TPSA) is 12.9 Å². The zero-order valence-electron chi connectivity index (χ0n) is 12.1. The largest absolute Gasteiger partial charge is 0.238 e. The Morgan fingerprint density at radius 1 is 1.22 bits per heavy atom. The molecule has 0 bridgehead atoms. The van der Waals surface area contributed by atoms with E-state index in [1.165, 1.54) is 0 Å². The molecule has 0 aliphatic rings. The van der Waals surface area contributed by atoms with Gasteiger partial charge in [0.25, 0.3) is 0 Å². The number of halogens is 1. The van der Waals surface area contributed by atoms with E-state index in [0.717, 1.165) is 21.7 Å². The fraction of sp³-hybridized carbons (Fsp3) is 0.533. The van der Waals surface area contributed by atoms with Gasteiger partial charge in [-0.2, -0.15) is 0 Å². The second-order valence-corrected chi connectivity index (χ2v) is 6.13. The van der Waals surface area contributed by atoms with Crippen molar-refractivity contribution in [1.82, 2.24) is 4.98 Å². The van der Waals surface area contributed by atoms with E-state index in [9.17, 15) is 4.39 Å². The first-order chi connectivity index (χ1) is 8.41. The number of hydrogen-bond acceptors (Lipinski definition) is 2. The maximum Gasteiger partial charge on any atom is 0.150 e. The molecule has 18 heavy (non-hydrogen) atoms. The molecular weight excluding hydrogens is 245 g/mol. The van der Waals surface area contributed by atoms with Gasteiger partial charge in [-0.25, -0.2) is 9.37 Å². The molecule has 0 atom stereocenters. The zero-order chi connectivity index (χ0) is 13.9. The van der Waals surface area contributed by atoms with Gasteiger partial charge in [-0.1, -0.05) is 41.5 Å². The average molecular weight is 267 g/mol. The summed E-state index contributed by atoms with van der Waals surface area (Å²) < 4.78 is 14.8. The smallest absolute Gasteiger partial charge is 0.150 e. The normalized spacial score (nSPS) is 11.3. The monoisotopic (exact) mass is 267 g/mol. The minimum Gasteiger partial charge on any atom is -0.238 e. The molecule has 1 aromatic carbocycles. The Balaban J connectivity index is 0.000000771. The van der Waals surface area contributed by atoms with Crippen LogP contribution >= 0.6 is 11.3 Å². The van der Waals surface area contributed by atoms with Crippen molar-refractivity contribution in [2.24, 2.45) is 0 Å². The van der Waals surface area contributed by atoms with Gasteiger partial charge in [0.2, 0.25) is 0 Å². The Hall–Kier alpha value is -0.960. The summed E-state index contributed by atoms with van der Waals surface area (Å²) in [6.07, 6.45) is 0.865. The van der Waals surface area contributed by atoms with Gasteiger partial charge in [-0.15, -0.1) is 11.3 Å². The Kier molecular flexibility index (Phi) is 4.85. The van der Waals surface area contributed by atoms with Crippen molar-refractivity contribution in [3.8, 4) is 0 Å². The maximum atomic E-state index is 13.9. The molecule has 3 heteroatoms. The molecule has 0 aliphatic heterocycles. The highest BCUT2D eigenvalue weighted by molar-refractivity contribution is 7.18. The second kappa shape index (κ2) is 5.79. The lowest BCUT2D eigenvalue weighted by Gasteiger charge is -2.18. The summed E-state index contributed by atoms with van der Waals surface area (Å²) in [5, 5.41) is 1.000. The first kappa shape index (κ1) is 15.1. The van der Waals surface area contributed by atoms with E-state index in [4.69, 9.17) is 0 Å². The van der Waals surface area contributed by atoms with E-state index < -0.39 is 0 Å². The summed E-state index contributed by atoms with van der Waals surface area (Å²) in [6, 6.07) is 3.68. The molecule has 0 spiro atoms. The predicted octanol–water partition coefficient (Wildman–Crippen LogP) is 5.32. The standard InChI is InChI=1S/C13H16FNS.C2H6/c1-5-11-15-12-9(14)6-8(13(2,3)4)7-10(12)16-11;1-2/h6-7H,5H2,1-4H3;1-2H3. The third-order valence-corrected chi connectivity index (χ3v) is 3.81. The number of benzene rings is 1. The number of aryl methyl sites for hydroxylation is 1. The summed E-state index contributed by atoms with van der Waals surface area (Å²) in [7, 11) is 0. The highest BCUT2D eigenvalue weighted by Gasteiger charge is 2.17. The van der Waals surface area contributed by atoms with Gasteiger partial charge < -0.3 is 0 Å². The molecule has 0 saturated heterocycles. The molecule has 2 aromatic rings. The molecule has 2 rings (SSSR count). The van der Waals surface area contributed by atoms with E-state index in [0.29, 0.717) is 5.52 Å². The zero-order valence-corrected chi connectivity index (χ0v) is 12.9. The summed E-state index contributed by atoms with van der Waals surface area (Å²) in [4.78, 5) is 4.30. The molecule has 1 nitrogen and oxygen atoms in total. The molecule has 100 valence electrons. The predicted molar refractivity (Wildman–Crippen MR) is 79.0 cm³/mol. The van der Waals surface area contributed by atoms with Crippen molar-refractivity contribution < 1.29 is 4.39 Å². The fourth-order valence-corrected chi connectivity index (χ4v) is 2.58. The van der Waals surface area contributed by atoms with Crippen LogP contribution < -0.4 is 0 Å². The van der Waals surface area contributed by atoms with Crippen LogP contribution in [0.4, 0.5) is 4.39 Å². The van der Waals surface area contributed by atoms with Crippen LogP contribution in [0.1, 0.15) is 52.1 Å². The van der Waals surface area contributed by atoms with Crippen molar-refractivity contribution in [1.29, 1.82) is 0 Å². The number of thiazole rings is 1. The third kappa shape index (κ3) is 3.08. The number of rotatable bonds is 1. The Morgan fingerprint density at radius 3 is 2.33 bits per heavy atom. The number of hydrogen-bond donors (Lipinski definition) is 0. The van der Waals surface area contributed by atoms with Gasteiger partial charge in [0, 0.05) is 0 Å². The van der Waals surface area contributed by atoms with Crippen molar-refractivity contribution in [2.75, 3.05) is 0 Å². The molecule has 0 fully saturated rings. The quantitative estimate of drug-likeness (QED) is 0.681. The van der Waals surface area contributed by atoms with E-state index in [1.807, 2.05) is 20.8 Å². The number of fused-ring (bicyclic) bond motifs is 1. The maximum absolute atomic E-state index is 13.9. The van der Waals surface area contributed by atoms with E-state index >= 15 is 0 Å². The van der Waals surface area contributed by atoms with Crippen LogP contribution in [-0.4, -0.2) is 4.98 Å². The van der Waals surface area contributed by atoms with Crippen molar-refractivity contribution >= 4 is 21.6 Å². The minimum atomic E-state index is -0.196. The molecule has 0 saturated carbocycles. The average Bonchev–Trinajstić information content (AvgIpc) is 2.74. The Labute approximate surface area is 113 Å². The highest BCUT2D eigenvalue weighted by atomic mass is 32.1. The summed E-state index contributed by atoms with van der Waals surface area (Å²) in [5.74, 6) is -0.196. The lowest BCUT2D eigenvalue weighted by atomic mass is 9.87. The van der Waals surface area contributed by atoms with Gasteiger partial charge >= 0.3 is 0 Å². The molecule has 0 aliphatic carbocycles. The molecule has 0 amide bonds. The van der Waals surface area contributed by atoms with Crippen LogP contribution in [0.25, 0.3) is 10.2 Å². The van der Waals surface area contributed by atoms with Gasteiger partial charge in [0.15, 0.2) is 5.82 Å². The van der Waals surface area contributed by atoms with Crippen LogP contribution in [0.15, 0.2) is 12.1 Å². The second-order valence-electron chi connectivity index (χ2n) is 5.02. The Morgan fingerprint density at radius 2 is 1.83 bits per heavy atom. The SMILES string of the molecule is CC.CCc1nc2c(F)cc(C(C)(C)C)cc2s1. The summed E-state index contributed by atoms with van der Waals surface area (Å²) in [5.41, 5.74) is 1.53. The first-order valence-electron chi connectivity index (χ1n) is 6.51. The van der Waals surface area contributed by atoms with Crippen molar-refractivity contribution in [2.45, 2.75) is 53.4 Å². The number of nitrogens with zero attached hydrogens (tertiary/aromatic N) is 1. The van der Waals surface area contributed by atoms with Crippen LogP contribution in [0.2, 0.25) is 0 Å². The molecule has 1 heterocycles. The number of aromatic nitrogens is 1. The summed E-state index contributed by atoms with van der Waals surface area (Å²) >= 11 is 1.59. The van der Waals surface area contributed by atoms with E-state index in [-0.39, 0.29) is 11.2 Å². The fourth-order valence-electron chi connectivity index (χ4n) is 1.62. The van der Waals surface area contributed by atoms with Crippen molar-refractivity contribution in [3.63, 3.8) is 0 Å². The molecule has 0 unspecified atom stereocenters. The minimum absolute atomic E-state index is 0.0224. The Bertz CT molecular complexity index is 523. The molecule has 0 radical (unpaired) electrons. The van der Waals surface area contributed by atoms with Gasteiger partial charge in [0.1, 0.15) is 5.52 Å². The third-order valence-electron chi connectivity index (χ3n) is 2.66. The molecule has 0 N–H and O–H groups in total.